The van der Waals surface area contributed by atoms with Gasteiger partial charge in [-0.25, -0.2) is 4.79 Å². The maximum absolute atomic E-state index is 12.6. The van der Waals surface area contributed by atoms with Gasteiger partial charge in [0.05, 0.1) is 6.20 Å². The van der Waals surface area contributed by atoms with Crippen LogP contribution in [0.3, 0.4) is 0 Å². The summed E-state index contributed by atoms with van der Waals surface area (Å²) >= 11 is 4.53. The first-order valence-electron chi connectivity index (χ1n) is 6.41. The number of aliphatic carboxylic acids is 1. The molecular formula is C12H11BrN4O5S. The maximum Gasteiger partial charge on any atom is 0.353 e. The van der Waals surface area contributed by atoms with Gasteiger partial charge >= 0.3 is 11.9 Å². The number of β-lactam (4-membered cyclic amide) rings is 1. The predicted molar refractivity (Wildman–Crippen MR) is 81.1 cm³/mol. The number of aryl methyl sites for hydroxylation is 1. The fourth-order valence-corrected chi connectivity index (χ4v) is 4.78. The highest BCUT2D eigenvalue weighted by Gasteiger charge is 2.69. The van der Waals surface area contributed by atoms with E-state index in [0.717, 1.165) is 4.90 Å². The van der Waals surface area contributed by atoms with E-state index in [4.69, 9.17) is 9.84 Å². The number of hydrogen-bond acceptors (Lipinski definition) is 7. The molecule has 0 radical (unpaired) electrons. The van der Waals surface area contributed by atoms with Crippen LogP contribution >= 0.6 is 27.7 Å². The molecule has 3 atom stereocenters. The Morgan fingerprint density at radius 2 is 2.26 bits per heavy atom. The Labute approximate surface area is 142 Å². The van der Waals surface area contributed by atoms with Gasteiger partial charge in [-0.3, -0.25) is 19.2 Å². The van der Waals surface area contributed by atoms with Crippen LogP contribution in [-0.2, 0) is 26.2 Å². The lowest BCUT2D eigenvalue weighted by molar-refractivity contribution is -0.162. The van der Waals surface area contributed by atoms with Gasteiger partial charge in [-0.15, -0.1) is 16.9 Å². The molecule has 2 aliphatic heterocycles. The molecule has 1 fully saturated rings. The summed E-state index contributed by atoms with van der Waals surface area (Å²) in [5.41, 5.74) is 0.206. The van der Waals surface area contributed by atoms with Gasteiger partial charge in [0.15, 0.2) is 10.4 Å². The molecule has 2 aliphatic rings. The summed E-state index contributed by atoms with van der Waals surface area (Å²) in [7, 11) is 1.64. The van der Waals surface area contributed by atoms with Gasteiger partial charge in [0.2, 0.25) is 0 Å². The van der Waals surface area contributed by atoms with Crippen molar-refractivity contribution in [3.05, 3.63) is 23.0 Å². The molecule has 11 heteroatoms. The lowest BCUT2D eigenvalue weighted by atomic mass is 9.89. The summed E-state index contributed by atoms with van der Waals surface area (Å²) in [4.78, 5) is 36.4. The monoisotopic (exact) mass is 402 g/mol. The average Bonchev–Trinajstić information content (AvgIpc) is 3.08. The van der Waals surface area contributed by atoms with Crippen LogP contribution < -0.4 is 0 Å². The van der Waals surface area contributed by atoms with Crippen molar-refractivity contribution >= 4 is 45.5 Å². The minimum Gasteiger partial charge on any atom is -0.477 e. The van der Waals surface area contributed by atoms with E-state index in [1.165, 1.54) is 35.0 Å². The van der Waals surface area contributed by atoms with Gasteiger partial charge < -0.3 is 9.84 Å². The lowest BCUT2D eigenvalue weighted by Gasteiger charge is -2.51. The van der Waals surface area contributed by atoms with Gasteiger partial charge in [-0.05, 0) is 0 Å². The average molecular weight is 403 g/mol. The zero-order valence-corrected chi connectivity index (χ0v) is 14.4. The third-order valence-electron chi connectivity index (χ3n) is 3.48. The Morgan fingerprint density at radius 1 is 1.57 bits per heavy atom. The number of fused-ring (bicyclic) bond motifs is 1. The Bertz CT molecular complexity index is 750. The second-order valence-corrected chi connectivity index (χ2v) is 7.31. The molecule has 1 amide bonds. The van der Waals surface area contributed by atoms with Crippen LogP contribution in [0.5, 0.6) is 0 Å². The van der Waals surface area contributed by atoms with Crippen molar-refractivity contribution in [1.29, 1.82) is 0 Å². The summed E-state index contributed by atoms with van der Waals surface area (Å²) in [6.45, 7) is 1.23. The van der Waals surface area contributed by atoms with Crippen LogP contribution in [0.25, 0.3) is 0 Å². The van der Waals surface area contributed by atoms with Crippen LogP contribution in [0.1, 0.15) is 18.7 Å². The molecule has 3 rings (SSSR count). The topological polar surface area (TPSA) is 115 Å². The number of carbonyl (C=O) groups is 3. The van der Waals surface area contributed by atoms with Gasteiger partial charge in [0.25, 0.3) is 5.91 Å². The first-order chi connectivity index (χ1) is 10.8. The van der Waals surface area contributed by atoms with Crippen LogP contribution in [0, 0.1) is 0 Å². The summed E-state index contributed by atoms with van der Waals surface area (Å²) in [5.74, 6) is -2.27. The molecule has 0 aromatic carbocycles. The molecule has 1 aromatic heterocycles. The number of carbonyl (C=O) groups excluding carboxylic acids is 2. The van der Waals surface area contributed by atoms with Gasteiger partial charge in [-0.2, -0.15) is 0 Å². The van der Waals surface area contributed by atoms with E-state index in [2.05, 4.69) is 26.2 Å². The van der Waals surface area contributed by atoms with Crippen molar-refractivity contribution in [3.8, 4) is 0 Å². The molecule has 23 heavy (non-hydrogen) atoms. The molecule has 1 aromatic rings. The summed E-state index contributed by atoms with van der Waals surface area (Å²) in [6.07, 6.45) is 0.522. The molecule has 122 valence electrons. The van der Waals surface area contributed by atoms with Crippen LogP contribution in [0.4, 0.5) is 0 Å². The smallest absolute Gasteiger partial charge is 0.353 e. The molecule has 0 saturated carbocycles. The highest BCUT2D eigenvalue weighted by Crippen LogP contribution is 2.57. The van der Waals surface area contributed by atoms with Crippen molar-refractivity contribution < 1.29 is 24.2 Å². The van der Waals surface area contributed by atoms with Gasteiger partial charge in [0.1, 0.15) is 16.8 Å². The normalized spacial score (nSPS) is 27.1. The van der Waals surface area contributed by atoms with E-state index in [1.807, 2.05) is 0 Å². The number of alkyl halides is 1. The highest BCUT2D eigenvalue weighted by atomic mass is 79.9. The fourth-order valence-electron chi connectivity index (χ4n) is 2.51. The molecule has 1 N–H and O–H groups in total. The minimum atomic E-state index is -1.30. The van der Waals surface area contributed by atoms with E-state index in [1.54, 1.807) is 7.05 Å². The number of carboxylic acids is 1. The molecule has 2 unspecified atom stereocenters. The second-order valence-electron chi connectivity index (χ2n) is 5.05. The van der Waals surface area contributed by atoms with Gasteiger partial charge in [-0.1, -0.05) is 21.1 Å². The van der Waals surface area contributed by atoms with Crippen molar-refractivity contribution in [2.24, 2.45) is 7.05 Å². The Balaban J connectivity index is 1.96. The third-order valence-corrected chi connectivity index (χ3v) is 6.17. The quantitative estimate of drug-likeness (QED) is 0.437. The van der Waals surface area contributed by atoms with Crippen molar-refractivity contribution in [3.63, 3.8) is 0 Å². The zero-order valence-electron chi connectivity index (χ0n) is 12.0. The molecular weight excluding hydrogens is 392 g/mol. The number of esters is 1. The number of carboxylic acid groups (broad SMARTS) is 1. The number of thioether (sulfide) groups is 1. The number of aromatic nitrogens is 3. The van der Waals surface area contributed by atoms with Crippen molar-refractivity contribution in [2.75, 3.05) is 0 Å². The summed E-state index contributed by atoms with van der Waals surface area (Å²) < 4.78 is 5.42. The van der Waals surface area contributed by atoms with E-state index >= 15 is 0 Å². The Kier molecular flexibility index (Phi) is 3.71. The summed E-state index contributed by atoms with van der Waals surface area (Å²) in [5, 5.41) is 17.7. The predicted octanol–water partition coefficient (Wildman–Crippen LogP) is 0.394. The minimum absolute atomic E-state index is 0.0965. The van der Waals surface area contributed by atoms with Crippen molar-refractivity contribution in [2.45, 2.75) is 22.7 Å². The maximum atomic E-state index is 12.6. The lowest BCUT2D eigenvalue weighted by Crippen LogP contribution is -2.70. The Morgan fingerprint density at radius 3 is 2.78 bits per heavy atom. The van der Waals surface area contributed by atoms with E-state index in [-0.39, 0.29) is 5.70 Å². The molecule has 3 heterocycles. The van der Waals surface area contributed by atoms with E-state index in [9.17, 15) is 14.4 Å². The number of halogens is 1. The number of hydrogen-bond donors (Lipinski definition) is 1. The molecule has 0 aliphatic carbocycles. The molecule has 1 saturated heterocycles. The van der Waals surface area contributed by atoms with Crippen molar-refractivity contribution in [1.82, 2.24) is 19.9 Å². The first-order valence-corrected chi connectivity index (χ1v) is 8.15. The van der Waals surface area contributed by atoms with Crippen LogP contribution in [0.2, 0.25) is 0 Å². The Hall–Kier alpha value is -1.88. The SMILES string of the molecule is CC(=O)OC(c1cn(C)nn1)C1(Br)C(=O)N2C(C(=O)O)=CS[C@@H]21. The second kappa shape index (κ2) is 5.34. The zero-order chi connectivity index (χ0) is 16.9. The number of nitrogens with zero attached hydrogens (tertiary/aromatic N) is 4. The molecule has 9 nitrogen and oxygen atoms in total. The number of amides is 1. The van der Waals surface area contributed by atoms with Crippen LogP contribution in [0.15, 0.2) is 17.3 Å². The standard InChI is InChI=1S/C12H11BrN4O5S/c1-5(18)22-8(6-3-16(2)15-14-6)12(13)10(21)17-7(9(19)20)4-23-11(12)17/h3-4,8,11H,1-2H3,(H,19,20)/t8?,11-,12?/m1/s1. The molecule has 0 bridgehead atoms. The third kappa shape index (κ3) is 2.26. The summed E-state index contributed by atoms with van der Waals surface area (Å²) in [6, 6.07) is 0. The van der Waals surface area contributed by atoms with Gasteiger partial charge in [0, 0.05) is 19.4 Å². The van der Waals surface area contributed by atoms with E-state index in [0.29, 0.717) is 5.69 Å². The largest absolute Gasteiger partial charge is 0.477 e. The molecule has 0 spiro atoms. The first kappa shape index (κ1) is 16.0. The number of rotatable bonds is 4. The number of ether oxygens (including phenoxy) is 1. The van der Waals surface area contributed by atoms with Crippen LogP contribution in [-0.4, -0.2) is 52.5 Å². The fraction of sp³-hybridized carbons (Fsp3) is 0.417. The van der Waals surface area contributed by atoms with E-state index < -0.39 is 33.6 Å². The highest BCUT2D eigenvalue weighted by molar-refractivity contribution is 9.10.